The molecule has 1 aromatic rings. The molecule has 0 bridgehead atoms. The summed E-state index contributed by atoms with van der Waals surface area (Å²) in [5, 5.41) is 8.95. The number of aliphatic hydroxyl groups excluding tert-OH is 1. The van der Waals surface area contributed by atoms with Crippen molar-refractivity contribution in [2.75, 3.05) is 6.61 Å². The van der Waals surface area contributed by atoms with Gasteiger partial charge in [-0.15, -0.1) is 0 Å². The van der Waals surface area contributed by atoms with Gasteiger partial charge in [0.05, 0.1) is 6.61 Å². The second kappa shape index (κ2) is 5.31. The van der Waals surface area contributed by atoms with Gasteiger partial charge in [0, 0.05) is 0 Å². The molecular weight excluding hydrogens is 196 g/mol. The fourth-order valence-corrected chi connectivity index (χ4v) is 1.56. The zero-order valence-electron chi connectivity index (χ0n) is 10.7. The average Bonchev–Trinajstić information content (AvgIpc) is 2.29. The molecule has 0 unspecified atom stereocenters. The minimum absolute atomic E-state index is 0.127. The molecule has 0 aromatic heterocycles. The van der Waals surface area contributed by atoms with Crippen LogP contribution in [-0.2, 0) is 5.41 Å². The van der Waals surface area contributed by atoms with Crippen molar-refractivity contribution in [3.63, 3.8) is 0 Å². The van der Waals surface area contributed by atoms with E-state index in [1.165, 1.54) is 5.56 Å². The van der Waals surface area contributed by atoms with E-state index in [-0.39, 0.29) is 12.0 Å². The van der Waals surface area contributed by atoms with Crippen LogP contribution < -0.4 is 0 Å². The lowest BCUT2D eigenvalue weighted by atomic mass is 9.82. The number of rotatable bonds is 4. The van der Waals surface area contributed by atoms with Crippen molar-refractivity contribution in [1.82, 2.24) is 0 Å². The van der Waals surface area contributed by atoms with E-state index in [2.05, 4.69) is 45.0 Å². The van der Waals surface area contributed by atoms with Crippen LogP contribution >= 0.6 is 0 Å². The maximum absolute atomic E-state index is 8.95. The number of hydrogen-bond acceptors (Lipinski definition) is 1. The Morgan fingerprint density at radius 2 is 1.81 bits per heavy atom. The molecule has 1 rings (SSSR count). The second-order valence-corrected chi connectivity index (χ2v) is 5.01. The van der Waals surface area contributed by atoms with Crippen molar-refractivity contribution >= 4 is 6.08 Å². The number of hydrogen-bond donors (Lipinski definition) is 1. The van der Waals surface area contributed by atoms with Gasteiger partial charge in [-0.25, -0.2) is 0 Å². The van der Waals surface area contributed by atoms with Gasteiger partial charge in [-0.05, 0) is 35.5 Å². The molecule has 0 saturated heterocycles. The first kappa shape index (κ1) is 13.0. The first-order valence-corrected chi connectivity index (χ1v) is 5.88. The topological polar surface area (TPSA) is 20.2 Å². The van der Waals surface area contributed by atoms with Crippen molar-refractivity contribution in [3.8, 4) is 0 Å². The summed E-state index contributed by atoms with van der Waals surface area (Å²) in [5.41, 5.74) is 3.76. The first-order valence-electron chi connectivity index (χ1n) is 5.88. The molecule has 0 amide bonds. The largest absolute Gasteiger partial charge is 0.392 e. The molecular formula is C15H22O. The fourth-order valence-electron chi connectivity index (χ4n) is 1.56. The Balaban J connectivity index is 2.92. The Morgan fingerprint density at radius 3 is 2.25 bits per heavy atom. The summed E-state index contributed by atoms with van der Waals surface area (Å²) in [6.07, 6.45) is 3.15. The molecule has 0 radical (unpaired) electrons. The van der Waals surface area contributed by atoms with Crippen LogP contribution in [0.5, 0.6) is 0 Å². The lowest BCUT2D eigenvalue weighted by Crippen LogP contribution is -2.14. The monoisotopic (exact) mass is 218 g/mol. The SMILES string of the molecule is CCC(C)(C)c1ccc(/C=C(\C)CO)cc1. The Bertz CT molecular complexity index is 358. The van der Waals surface area contributed by atoms with Crippen molar-refractivity contribution in [1.29, 1.82) is 0 Å². The van der Waals surface area contributed by atoms with E-state index in [0.717, 1.165) is 17.6 Å². The summed E-state index contributed by atoms with van der Waals surface area (Å²) >= 11 is 0. The molecule has 1 heteroatoms. The molecule has 0 aliphatic rings. The lowest BCUT2D eigenvalue weighted by molar-refractivity contribution is 0.332. The number of aliphatic hydroxyl groups is 1. The summed E-state index contributed by atoms with van der Waals surface area (Å²) in [5.74, 6) is 0. The van der Waals surface area contributed by atoms with Crippen LogP contribution in [0.1, 0.15) is 45.2 Å². The molecule has 16 heavy (non-hydrogen) atoms. The van der Waals surface area contributed by atoms with Gasteiger partial charge in [-0.1, -0.05) is 51.1 Å². The predicted molar refractivity (Wildman–Crippen MR) is 70.5 cm³/mol. The summed E-state index contributed by atoms with van der Waals surface area (Å²) in [7, 11) is 0. The summed E-state index contributed by atoms with van der Waals surface area (Å²) in [6, 6.07) is 8.60. The van der Waals surface area contributed by atoms with Crippen molar-refractivity contribution in [2.24, 2.45) is 0 Å². The zero-order chi connectivity index (χ0) is 12.2. The standard InChI is InChI=1S/C15H22O/c1-5-15(3,4)14-8-6-13(7-9-14)10-12(2)11-16/h6-10,16H,5,11H2,1-4H3/b12-10+. The Kier molecular flexibility index (Phi) is 4.31. The van der Waals surface area contributed by atoms with Gasteiger partial charge in [-0.2, -0.15) is 0 Å². The summed E-state index contributed by atoms with van der Waals surface area (Å²) < 4.78 is 0. The Hall–Kier alpha value is -1.08. The Morgan fingerprint density at radius 1 is 1.25 bits per heavy atom. The molecule has 0 aliphatic heterocycles. The average molecular weight is 218 g/mol. The van der Waals surface area contributed by atoms with Crippen LogP contribution in [-0.4, -0.2) is 11.7 Å². The van der Waals surface area contributed by atoms with E-state index in [4.69, 9.17) is 5.11 Å². The van der Waals surface area contributed by atoms with E-state index in [1.807, 2.05) is 13.0 Å². The van der Waals surface area contributed by atoms with E-state index in [1.54, 1.807) is 0 Å². The van der Waals surface area contributed by atoms with E-state index < -0.39 is 0 Å². The molecule has 88 valence electrons. The predicted octanol–water partition coefficient (Wildman–Crippen LogP) is 3.77. The third-order valence-electron chi connectivity index (χ3n) is 3.24. The van der Waals surface area contributed by atoms with Gasteiger partial charge < -0.3 is 5.11 Å². The van der Waals surface area contributed by atoms with Gasteiger partial charge in [-0.3, -0.25) is 0 Å². The third-order valence-corrected chi connectivity index (χ3v) is 3.24. The number of benzene rings is 1. The fraction of sp³-hybridized carbons (Fsp3) is 0.467. The molecule has 0 heterocycles. The minimum Gasteiger partial charge on any atom is -0.392 e. The van der Waals surface area contributed by atoms with Crippen LogP contribution in [0.2, 0.25) is 0 Å². The highest BCUT2D eigenvalue weighted by Crippen LogP contribution is 2.26. The minimum atomic E-state index is 0.127. The summed E-state index contributed by atoms with van der Waals surface area (Å²) in [4.78, 5) is 0. The van der Waals surface area contributed by atoms with Gasteiger partial charge >= 0.3 is 0 Å². The highest BCUT2D eigenvalue weighted by atomic mass is 16.3. The quantitative estimate of drug-likeness (QED) is 0.815. The third kappa shape index (κ3) is 3.21. The van der Waals surface area contributed by atoms with Crippen LogP contribution in [0.15, 0.2) is 29.8 Å². The molecule has 1 aromatic carbocycles. The molecule has 0 aliphatic carbocycles. The van der Waals surface area contributed by atoms with Gasteiger partial charge in [0.2, 0.25) is 0 Å². The van der Waals surface area contributed by atoms with Gasteiger partial charge in [0.25, 0.3) is 0 Å². The highest BCUT2D eigenvalue weighted by Gasteiger charge is 2.17. The molecule has 0 spiro atoms. The van der Waals surface area contributed by atoms with Crippen LogP contribution in [0.25, 0.3) is 6.08 Å². The van der Waals surface area contributed by atoms with E-state index in [9.17, 15) is 0 Å². The van der Waals surface area contributed by atoms with Gasteiger partial charge in [0.15, 0.2) is 0 Å². The van der Waals surface area contributed by atoms with Crippen LogP contribution in [0.3, 0.4) is 0 Å². The molecule has 1 N–H and O–H groups in total. The highest BCUT2D eigenvalue weighted by molar-refractivity contribution is 5.53. The second-order valence-electron chi connectivity index (χ2n) is 5.01. The molecule has 1 nitrogen and oxygen atoms in total. The molecule has 0 saturated carbocycles. The maximum Gasteiger partial charge on any atom is 0.0642 e. The first-order chi connectivity index (χ1) is 7.49. The Labute approximate surface area is 98.8 Å². The van der Waals surface area contributed by atoms with Crippen LogP contribution in [0.4, 0.5) is 0 Å². The molecule has 0 fully saturated rings. The van der Waals surface area contributed by atoms with Gasteiger partial charge in [0.1, 0.15) is 0 Å². The zero-order valence-corrected chi connectivity index (χ0v) is 10.7. The molecule has 0 atom stereocenters. The van der Waals surface area contributed by atoms with Crippen molar-refractivity contribution < 1.29 is 5.11 Å². The van der Waals surface area contributed by atoms with E-state index in [0.29, 0.717) is 0 Å². The van der Waals surface area contributed by atoms with E-state index >= 15 is 0 Å². The lowest BCUT2D eigenvalue weighted by Gasteiger charge is -2.23. The summed E-state index contributed by atoms with van der Waals surface area (Å²) in [6.45, 7) is 8.80. The van der Waals surface area contributed by atoms with Crippen LogP contribution in [0, 0.1) is 0 Å². The normalized spacial score (nSPS) is 12.9. The van der Waals surface area contributed by atoms with Crippen molar-refractivity contribution in [3.05, 3.63) is 41.0 Å². The smallest absolute Gasteiger partial charge is 0.0642 e. The van der Waals surface area contributed by atoms with Crippen molar-refractivity contribution in [2.45, 2.75) is 39.5 Å². The maximum atomic E-state index is 8.95.